The summed E-state index contributed by atoms with van der Waals surface area (Å²) >= 11 is 12.0. The Morgan fingerprint density at radius 1 is 1.24 bits per heavy atom. The molecule has 0 fully saturated rings. The van der Waals surface area contributed by atoms with Gasteiger partial charge >= 0.3 is 5.97 Å². The lowest BCUT2D eigenvalue weighted by molar-refractivity contribution is 0.0698. The molecule has 0 aliphatic rings. The van der Waals surface area contributed by atoms with Gasteiger partial charge in [0, 0.05) is 17.4 Å². The Kier molecular flexibility index (Phi) is 4.45. The SMILES string of the molecule is COc1cc(Nc2c(Cl)cc(N)cc2C(=O)O)ccc1Cl. The van der Waals surface area contributed by atoms with E-state index in [0.29, 0.717) is 16.5 Å². The van der Waals surface area contributed by atoms with Crippen LogP contribution < -0.4 is 15.8 Å². The summed E-state index contributed by atoms with van der Waals surface area (Å²) < 4.78 is 5.11. The lowest BCUT2D eigenvalue weighted by Crippen LogP contribution is -2.05. The smallest absolute Gasteiger partial charge is 0.337 e. The van der Waals surface area contributed by atoms with Gasteiger partial charge in [0.25, 0.3) is 0 Å². The van der Waals surface area contributed by atoms with Crippen molar-refractivity contribution in [2.24, 2.45) is 0 Å². The van der Waals surface area contributed by atoms with E-state index in [2.05, 4.69) is 5.32 Å². The molecule has 0 saturated heterocycles. The van der Waals surface area contributed by atoms with Gasteiger partial charge in [-0.2, -0.15) is 0 Å². The molecular formula is C14H12Cl2N2O3. The van der Waals surface area contributed by atoms with Crippen LogP contribution in [0.25, 0.3) is 0 Å². The van der Waals surface area contributed by atoms with Crippen molar-refractivity contribution < 1.29 is 14.6 Å². The molecule has 2 rings (SSSR count). The van der Waals surface area contributed by atoms with Gasteiger partial charge in [0.1, 0.15) is 5.75 Å². The quantitative estimate of drug-likeness (QED) is 0.739. The number of carboxylic acids is 1. The molecule has 0 aliphatic heterocycles. The fraction of sp³-hybridized carbons (Fsp3) is 0.0714. The van der Waals surface area contributed by atoms with E-state index in [1.165, 1.54) is 19.2 Å². The maximum absolute atomic E-state index is 11.3. The summed E-state index contributed by atoms with van der Waals surface area (Å²) in [5.74, 6) is -0.669. The number of hydrogen-bond acceptors (Lipinski definition) is 4. The largest absolute Gasteiger partial charge is 0.495 e. The summed E-state index contributed by atoms with van der Waals surface area (Å²) in [7, 11) is 1.49. The van der Waals surface area contributed by atoms with Crippen LogP contribution in [0.5, 0.6) is 5.75 Å². The zero-order valence-corrected chi connectivity index (χ0v) is 12.5. The number of hydrogen-bond donors (Lipinski definition) is 3. The number of carboxylic acid groups (broad SMARTS) is 1. The summed E-state index contributed by atoms with van der Waals surface area (Å²) in [5.41, 5.74) is 6.71. The molecule has 0 unspecified atom stereocenters. The summed E-state index contributed by atoms with van der Waals surface area (Å²) in [6, 6.07) is 7.77. The Morgan fingerprint density at radius 2 is 1.95 bits per heavy atom. The van der Waals surface area contributed by atoms with Crippen LogP contribution in [0.4, 0.5) is 17.1 Å². The first-order valence-electron chi connectivity index (χ1n) is 5.85. The Morgan fingerprint density at radius 3 is 2.57 bits per heavy atom. The molecule has 0 amide bonds. The first-order chi connectivity index (χ1) is 9.92. The summed E-state index contributed by atoms with van der Waals surface area (Å²) in [4.78, 5) is 11.3. The molecule has 21 heavy (non-hydrogen) atoms. The Bertz CT molecular complexity index is 705. The second kappa shape index (κ2) is 6.11. The van der Waals surface area contributed by atoms with Crippen molar-refractivity contribution in [1.29, 1.82) is 0 Å². The van der Waals surface area contributed by atoms with Gasteiger partial charge in [0.2, 0.25) is 0 Å². The van der Waals surface area contributed by atoms with Gasteiger partial charge in [-0.1, -0.05) is 23.2 Å². The van der Waals surface area contributed by atoms with Gasteiger partial charge in [-0.05, 0) is 24.3 Å². The molecule has 0 saturated carbocycles. The Labute approximate surface area is 131 Å². The van der Waals surface area contributed by atoms with E-state index in [0.717, 1.165) is 0 Å². The molecule has 0 heterocycles. The Balaban J connectivity index is 2.46. The number of rotatable bonds is 4. The van der Waals surface area contributed by atoms with Gasteiger partial charge in [-0.3, -0.25) is 0 Å². The second-order valence-electron chi connectivity index (χ2n) is 4.20. The van der Waals surface area contributed by atoms with Crippen LogP contribution >= 0.6 is 23.2 Å². The Hall–Kier alpha value is -2.11. The van der Waals surface area contributed by atoms with Crippen molar-refractivity contribution in [1.82, 2.24) is 0 Å². The molecule has 0 spiro atoms. The molecule has 4 N–H and O–H groups in total. The zero-order chi connectivity index (χ0) is 15.6. The van der Waals surface area contributed by atoms with Crippen molar-refractivity contribution in [3.8, 4) is 5.75 Å². The summed E-state index contributed by atoms with van der Waals surface area (Å²) in [6.45, 7) is 0. The molecule has 0 aromatic heterocycles. The van der Waals surface area contributed by atoms with E-state index < -0.39 is 5.97 Å². The number of methoxy groups -OCH3 is 1. The number of nitrogen functional groups attached to an aromatic ring is 1. The van der Waals surface area contributed by atoms with Crippen LogP contribution in [0.2, 0.25) is 10.0 Å². The highest BCUT2D eigenvalue weighted by Crippen LogP contribution is 2.34. The third-order valence-corrected chi connectivity index (χ3v) is 3.37. The number of benzene rings is 2. The maximum atomic E-state index is 11.3. The molecule has 0 atom stereocenters. The van der Waals surface area contributed by atoms with Gasteiger partial charge in [-0.25, -0.2) is 4.79 Å². The fourth-order valence-electron chi connectivity index (χ4n) is 1.81. The molecule has 0 bridgehead atoms. The lowest BCUT2D eigenvalue weighted by atomic mass is 10.1. The minimum atomic E-state index is -1.13. The molecular weight excluding hydrogens is 315 g/mol. The standard InChI is InChI=1S/C14H12Cl2N2O3/c1-21-12-6-8(2-3-10(12)15)18-13-9(14(19)20)4-7(17)5-11(13)16/h2-6,18H,17H2,1H3,(H,19,20). The molecule has 2 aromatic carbocycles. The number of nitrogens with two attached hydrogens (primary N) is 1. The van der Waals surface area contributed by atoms with Crippen LogP contribution in [0.1, 0.15) is 10.4 Å². The van der Waals surface area contributed by atoms with E-state index >= 15 is 0 Å². The number of carbonyl (C=O) groups is 1. The van der Waals surface area contributed by atoms with Crippen LogP contribution in [-0.4, -0.2) is 18.2 Å². The van der Waals surface area contributed by atoms with Crippen molar-refractivity contribution in [2.45, 2.75) is 0 Å². The minimum Gasteiger partial charge on any atom is -0.495 e. The first-order valence-corrected chi connectivity index (χ1v) is 6.61. The van der Waals surface area contributed by atoms with E-state index in [9.17, 15) is 9.90 Å². The van der Waals surface area contributed by atoms with Crippen molar-refractivity contribution in [3.05, 3.63) is 45.9 Å². The molecule has 0 aliphatic carbocycles. The predicted octanol–water partition coefficient (Wildman–Crippen LogP) is 4.03. The number of halogens is 2. The normalized spacial score (nSPS) is 10.2. The third kappa shape index (κ3) is 3.32. The van der Waals surface area contributed by atoms with Gasteiger partial charge in [-0.15, -0.1) is 0 Å². The van der Waals surface area contributed by atoms with E-state index in [1.807, 2.05) is 0 Å². The van der Waals surface area contributed by atoms with Gasteiger partial charge < -0.3 is 20.9 Å². The summed E-state index contributed by atoms with van der Waals surface area (Å²) in [5, 5.41) is 12.8. The van der Waals surface area contributed by atoms with Crippen LogP contribution in [0.3, 0.4) is 0 Å². The van der Waals surface area contributed by atoms with Crippen molar-refractivity contribution in [2.75, 3.05) is 18.2 Å². The topological polar surface area (TPSA) is 84.6 Å². The monoisotopic (exact) mass is 326 g/mol. The fourth-order valence-corrected chi connectivity index (χ4v) is 2.27. The van der Waals surface area contributed by atoms with Crippen LogP contribution in [0, 0.1) is 0 Å². The van der Waals surface area contributed by atoms with Gasteiger partial charge in [0.05, 0.1) is 28.4 Å². The highest BCUT2D eigenvalue weighted by molar-refractivity contribution is 6.34. The van der Waals surface area contributed by atoms with E-state index in [-0.39, 0.29) is 22.0 Å². The minimum absolute atomic E-state index is 0.0195. The maximum Gasteiger partial charge on any atom is 0.337 e. The second-order valence-corrected chi connectivity index (χ2v) is 5.02. The third-order valence-electron chi connectivity index (χ3n) is 2.76. The molecule has 110 valence electrons. The molecule has 0 radical (unpaired) electrons. The highest BCUT2D eigenvalue weighted by Gasteiger charge is 2.15. The van der Waals surface area contributed by atoms with Gasteiger partial charge in [0.15, 0.2) is 0 Å². The van der Waals surface area contributed by atoms with E-state index in [4.69, 9.17) is 33.7 Å². The molecule has 2 aromatic rings. The number of anilines is 3. The van der Waals surface area contributed by atoms with E-state index in [1.54, 1.807) is 18.2 Å². The zero-order valence-electron chi connectivity index (χ0n) is 11.0. The predicted molar refractivity (Wildman–Crippen MR) is 84.1 cm³/mol. The average molecular weight is 327 g/mol. The number of aromatic carboxylic acids is 1. The van der Waals surface area contributed by atoms with Crippen LogP contribution in [0.15, 0.2) is 30.3 Å². The van der Waals surface area contributed by atoms with Crippen molar-refractivity contribution >= 4 is 46.2 Å². The lowest BCUT2D eigenvalue weighted by Gasteiger charge is -2.13. The highest BCUT2D eigenvalue weighted by atomic mass is 35.5. The first kappa shape index (κ1) is 15.3. The molecule has 5 nitrogen and oxygen atoms in total. The average Bonchev–Trinajstić information content (AvgIpc) is 2.43. The number of nitrogens with one attached hydrogen (secondary N) is 1. The molecule has 7 heteroatoms. The van der Waals surface area contributed by atoms with Crippen LogP contribution in [-0.2, 0) is 0 Å². The van der Waals surface area contributed by atoms with Crippen molar-refractivity contribution in [3.63, 3.8) is 0 Å². The summed E-state index contributed by atoms with van der Waals surface area (Å²) in [6.07, 6.45) is 0. The number of ether oxygens (including phenoxy) is 1.